The number of aromatic nitrogens is 1. The molecule has 4 heterocycles. The van der Waals surface area contributed by atoms with E-state index in [0.717, 1.165) is 17.2 Å². The number of benzene rings is 2. The molecule has 3 saturated heterocycles. The highest BCUT2D eigenvalue weighted by atomic mass is 16.5. The Balaban J connectivity index is 1.35. The highest BCUT2D eigenvalue weighted by Crippen LogP contribution is 2.34. The first-order chi connectivity index (χ1) is 11.9. The molecule has 3 nitrogen and oxygen atoms in total. The summed E-state index contributed by atoms with van der Waals surface area (Å²) < 4.78 is 6.00. The fraction of sp³-hybridized carbons (Fsp3) is 0.333. The maximum Gasteiger partial charge on any atom is 0.121 e. The first-order valence-electron chi connectivity index (χ1n) is 8.94. The van der Waals surface area contributed by atoms with Gasteiger partial charge >= 0.3 is 0 Å². The van der Waals surface area contributed by atoms with E-state index in [1.807, 2.05) is 0 Å². The molecule has 3 aromatic rings. The number of hydrogen-bond acceptors (Lipinski definition) is 2. The van der Waals surface area contributed by atoms with Crippen LogP contribution in [0, 0.1) is 5.92 Å². The minimum absolute atomic E-state index is 0.657. The van der Waals surface area contributed by atoms with Gasteiger partial charge in [-0.15, -0.1) is 0 Å². The molecule has 3 heteroatoms. The Kier molecular flexibility index (Phi) is 3.25. The maximum atomic E-state index is 6.00. The normalized spacial score (nSPS) is 19.7. The van der Waals surface area contributed by atoms with Crippen LogP contribution in [0.1, 0.15) is 19.3 Å². The molecular weight excluding hydrogens is 296 g/mol. The van der Waals surface area contributed by atoms with Gasteiger partial charge in [0, 0.05) is 41.1 Å². The number of para-hydroxylation sites is 1. The second kappa shape index (κ2) is 5.59. The largest absolute Gasteiger partial charge is 0.489 e. The van der Waals surface area contributed by atoms with Crippen molar-refractivity contribution in [2.45, 2.75) is 19.3 Å². The van der Waals surface area contributed by atoms with Crippen molar-refractivity contribution in [3.05, 3.63) is 54.2 Å². The molecule has 1 aromatic heterocycles. The lowest BCUT2D eigenvalue weighted by Gasteiger charge is -2.42. The summed E-state index contributed by atoms with van der Waals surface area (Å²) in [6.45, 7) is 3.12. The summed E-state index contributed by atoms with van der Waals surface area (Å²) in [6.07, 6.45) is 6.26. The zero-order valence-corrected chi connectivity index (χ0v) is 13.8. The Morgan fingerprint density at radius 2 is 1.88 bits per heavy atom. The number of fused-ring (bicyclic) bond motifs is 6. The molecule has 0 aliphatic carbocycles. The topological polar surface area (TPSA) is 28.3 Å². The fourth-order valence-corrected chi connectivity index (χ4v) is 4.22. The Bertz CT molecular complexity index is 916. The van der Waals surface area contributed by atoms with Gasteiger partial charge in [-0.05, 0) is 49.5 Å². The molecule has 2 bridgehead atoms. The third-order valence-electron chi connectivity index (χ3n) is 5.57. The van der Waals surface area contributed by atoms with Crippen molar-refractivity contribution in [1.82, 2.24) is 9.88 Å². The lowest BCUT2D eigenvalue weighted by atomic mass is 9.86. The van der Waals surface area contributed by atoms with Crippen LogP contribution < -0.4 is 4.74 Å². The van der Waals surface area contributed by atoms with E-state index in [1.54, 1.807) is 0 Å². The molecule has 0 atom stereocenters. The number of ether oxygens (including phenoxy) is 1. The van der Waals surface area contributed by atoms with Crippen LogP contribution in [0.5, 0.6) is 5.75 Å². The molecule has 0 radical (unpaired) electrons. The Morgan fingerprint density at radius 1 is 1.04 bits per heavy atom. The van der Waals surface area contributed by atoms with E-state index in [2.05, 4.69) is 58.4 Å². The second-order valence-corrected chi connectivity index (χ2v) is 7.02. The van der Waals surface area contributed by atoms with E-state index in [-0.39, 0.29) is 0 Å². The van der Waals surface area contributed by atoms with Crippen LogP contribution >= 0.6 is 0 Å². The summed E-state index contributed by atoms with van der Waals surface area (Å²) in [5, 5.41) is 2.53. The van der Waals surface area contributed by atoms with Gasteiger partial charge in [-0.3, -0.25) is 0 Å². The molecule has 1 N–H and O–H groups in total. The monoisotopic (exact) mass is 318 g/mol. The predicted octanol–water partition coefficient (Wildman–Crippen LogP) is 4.70. The third-order valence-corrected chi connectivity index (χ3v) is 5.57. The van der Waals surface area contributed by atoms with Gasteiger partial charge in [0.05, 0.1) is 5.52 Å². The lowest BCUT2D eigenvalue weighted by Crippen LogP contribution is -2.39. The number of nitrogens with zero attached hydrogens (tertiary/aromatic N) is 1. The molecule has 0 spiro atoms. The van der Waals surface area contributed by atoms with Crippen LogP contribution in [0.3, 0.4) is 0 Å². The van der Waals surface area contributed by atoms with Crippen LogP contribution in [0.4, 0.5) is 0 Å². The van der Waals surface area contributed by atoms with E-state index >= 15 is 0 Å². The standard InChI is InChI=1S/C21H22N2O/c1-2-4-20-18(3-1)19-6-5-17(14-21(19)22-20)24-12-9-16-13-15-7-10-23(16)11-8-15/h1-6,9,14-15,22H,7-8,10-13H2. The molecule has 6 rings (SSSR count). The summed E-state index contributed by atoms with van der Waals surface area (Å²) in [5.74, 6) is 1.84. The smallest absolute Gasteiger partial charge is 0.121 e. The maximum absolute atomic E-state index is 6.00. The molecule has 3 fully saturated rings. The van der Waals surface area contributed by atoms with Crippen molar-refractivity contribution in [2.75, 3.05) is 19.7 Å². The average molecular weight is 318 g/mol. The van der Waals surface area contributed by atoms with Gasteiger partial charge in [0.1, 0.15) is 12.4 Å². The van der Waals surface area contributed by atoms with Crippen molar-refractivity contribution >= 4 is 21.8 Å². The average Bonchev–Trinajstić information content (AvgIpc) is 3.00. The molecule has 122 valence electrons. The number of aromatic amines is 1. The number of hydrogen-bond donors (Lipinski definition) is 1. The number of rotatable bonds is 3. The van der Waals surface area contributed by atoms with Crippen molar-refractivity contribution < 1.29 is 4.74 Å². The Labute approximate surface area is 141 Å². The van der Waals surface area contributed by atoms with Crippen molar-refractivity contribution in [3.8, 4) is 5.75 Å². The summed E-state index contributed by atoms with van der Waals surface area (Å²) >= 11 is 0. The van der Waals surface area contributed by atoms with E-state index in [4.69, 9.17) is 4.74 Å². The zero-order valence-electron chi connectivity index (χ0n) is 13.8. The van der Waals surface area contributed by atoms with E-state index in [0.29, 0.717) is 6.61 Å². The molecular formula is C21H22N2O. The highest BCUT2D eigenvalue weighted by Gasteiger charge is 2.28. The van der Waals surface area contributed by atoms with Crippen LogP contribution in [0.2, 0.25) is 0 Å². The third kappa shape index (κ3) is 2.35. The molecule has 0 amide bonds. The van der Waals surface area contributed by atoms with Gasteiger partial charge in [0.25, 0.3) is 0 Å². The lowest BCUT2D eigenvalue weighted by molar-refractivity contribution is 0.158. The van der Waals surface area contributed by atoms with Crippen LogP contribution in [-0.4, -0.2) is 29.6 Å². The second-order valence-electron chi connectivity index (χ2n) is 7.02. The molecule has 0 unspecified atom stereocenters. The van der Waals surface area contributed by atoms with Gasteiger partial charge in [-0.1, -0.05) is 18.2 Å². The van der Waals surface area contributed by atoms with Crippen molar-refractivity contribution in [1.29, 1.82) is 0 Å². The number of nitrogens with one attached hydrogen (secondary N) is 1. The Hall–Kier alpha value is -2.42. The van der Waals surface area contributed by atoms with Crippen LogP contribution in [-0.2, 0) is 0 Å². The summed E-state index contributed by atoms with van der Waals surface area (Å²) in [7, 11) is 0. The van der Waals surface area contributed by atoms with Gasteiger partial charge in [-0.2, -0.15) is 0 Å². The van der Waals surface area contributed by atoms with Crippen molar-refractivity contribution in [3.63, 3.8) is 0 Å². The molecule has 0 saturated carbocycles. The number of allylic oxidation sites excluding steroid dienone is 1. The van der Waals surface area contributed by atoms with E-state index in [9.17, 15) is 0 Å². The van der Waals surface area contributed by atoms with E-state index < -0.39 is 0 Å². The number of H-pyrrole nitrogens is 1. The van der Waals surface area contributed by atoms with Gasteiger partial charge in [0.15, 0.2) is 0 Å². The predicted molar refractivity (Wildman–Crippen MR) is 98.3 cm³/mol. The minimum Gasteiger partial charge on any atom is -0.489 e. The molecule has 24 heavy (non-hydrogen) atoms. The van der Waals surface area contributed by atoms with Gasteiger partial charge in [0.2, 0.25) is 0 Å². The van der Waals surface area contributed by atoms with Crippen LogP contribution in [0.15, 0.2) is 54.2 Å². The van der Waals surface area contributed by atoms with Crippen molar-refractivity contribution in [2.24, 2.45) is 5.92 Å². The molecule has 3 aliphatic rings. The first kappa shape index (κ1) is 14.0. The minimum atomic E-state index is 0.657. The van der Waals surface area contributed by atoms with Gasteiger partial charge in [-0.25, -0.2) is 0 Å². The Morgan fingerprint density at radius 3 is 2.71 bits per heavy atom. The highest BCUT2D eigenvalue weighted by molar-refractivity contribution is 6.07. The SMILES string of the molecule is C(COc1ccc2c(c1)[nH]c1ccccc12)=C1CC2CCN1CC2. The van der Waals surface area contributed by atoms with Crippen LogP contribution in [0.25, 0.3) is 21.8 Å². The molecule has 3 aliphatic heterocycles. The fourth-order valence-electron chi connectivity index (χ4n) is 4.22. The first-order valence-corrected chi connectivity index (χ1v) is 8.94. The van der Waals surface area contributed by atoms with E-state index in [1.165, 1.54) is 54.3 Å². The quantitative estimate of drug-likeness (QED) is 0.758. The zero-order chi connectivity index (χ0) is 15.9. The summed E-state index contributed by atoms with van der Waals surface area (Å²) in [4.78, 5) is 6.01. The summed E-state index contributed by atoms with van der Waals surface area (Å²) in [5.41, 5.74) is 3.81. The number of piperidine rings is 3. The van der Waals surface area contributed by atoms with Gasteiger partial charge < -0.3 is 14.6 Å². The molecule has 2 aromatic carbocycles. The summed E-state index contributed by atoms with van der Waals surface area (Å²) in [6, 6.07) is 14.8.